The van der Waals surface area contributed by atoms with E-state index < -0.39 is 0 Å². The minimum absolute atomic E-state index is 0.00233. The maximum atomic E-state index is 13.3. The molecule has 1 fully saturated rings. The van der Waals surface area contributed by atoms with Crippen molar-refractivity contribution in [3.8, 4) is 5.82 Å². The molecule has 7 nitrogen and oxygen atoms in total. The number of piperidine rings is 1. The van der Waals surface area contributed by atoms with Crippen molar-refractivity contribution in [1.29, 1.82) is 0 Å². The van der Waals surface area contributed by atoms with E-state index in [-0.39, 0.29) is 5.91 Å². The number of aromatic nitrogens is 5. The predicted molar refractivity (Wildman–Crippen MR) is 131 cm³/mol. The lowest BCUT2D eigenvalue weighted by molar-refractivity contribution is 0.0708. The van der Waals surface area contributed by atoms with Gasteiger partial charge < -0.3 is 4.90 Å². The number of hydrogen-bond acceptors (Lipinski definition) is 5. The van der Waals surface area contributed by atoms with Crippen molar-refractivity contribution in [3.63, 3.8) is 0 Å². The lowest BCUT2D eigenvalue weighted by Crippen LogP contribution is -2.38. The minimum Gasteiger partial charge on any atom is -0.337 e. The molecule has 7 heteroatoms. The van der Waals surface area contributed by atoms with Crippen LogP contribution in [0.25, 0.3) is 27.6 Å². The third-order valence-electron chi connectivity index (χ3n) is 6.68. The number of carbonyl (C=O) groups excluding carboxylic acids is 1. The van der Waals surface area contributed by atoms with Gasteiger partial charge in [0.1, 0.15) is 5.69 Å². The maximum absolute atomic E-state index is 13.3. The number of benzene rings is 1. The van der Waals surface area contributed by atoms with E-state index in [4.69, 9.17) is 4.98 Å². The molecule has 1 aliphatic heterocycles. The molecular formula is C27H24N6O. The number of carbonyl (C=O) groups is 1. The molecule has 168 valence electrons. The molecule has 1 amide bonds. The third-order valence-corrected chi connectivity index (χ3v) is 6.68. The van der Waals surface area contributed by atoms with Gasteiger partial charge in [-0.1, -0.05) is 30.3 Å². The molecule has 0 radical (unpaired) electrons. The normalized spacial score (nSPS) is 14.7. The highest BCUT2D eigenvalue weighted by Crippen LogP contribution is 2.30. The Morgan fingerprint density at radius 2 is 1.71 bits per heavy atom. The molecule has 0 unspecified atom stereocenters. The number of likely N-dealkylation sites (tertiary alicyclic amines) is 1. The first-order chi connectivity index (χ1) is 16.7. The highest BCUT2D eigenvalue weighted by atomic mass is 16.2. The Balaban J connectivity index is 1.24. The van der Waals surface area contributed by atoms with Crippen LogP contribution in [0.1, 0.15) is 40.6 Å². The van der Waals surface area contributed by atoms with Crippen molar-refractivity contribution in [2.75, 3.05) is 13.1 Å². The summed E-state index contributed by atoms with van der Waals surface area (Å²) in [6.07, 6.45) is 5.21. The molecule has 6 rings (SSSR count). The van der Waals surface area contributed by atoms with E-state index in [1.807, 2.05) is 65.0 Å². The van der Waals surface area contributed by atoms with Gasteiger partial charge in [-0.3, -0.25) is 9.78 Å². The fourth-order valence-electron chi connectivity index (χ4n) is 4.84. The topological polar surface area (TPSA) is 76.8 Å². The highest BCUT2D eigenvalue weighted by molar-refractivity contribution is 6.05. The number of hydrogen-bond donors (Lipinski definition) is 0. The Morgan fingerprint density at radius 3 is 2.53 bits per heavy atom. The molecule has 1 aliphatic rings. The molecule has 0 saturated carbocycles. The second kappa shape index (κ2) is 8.33. The van der Waals surface area contributed by atoms with Crippen LogP contribution < -0.4 is 0 Å². The average molecular weight is 449 g/mol. The van der Waals surface area contributed by atoms with Gasteiger partial charge in [0, 0.05) is 47.9 Å². The Labute approximate surface area is 197 Å². The van der Waals surface area contributed by atoms with Crippen LogP contribution in [0.2, 0.25) is 0 Å². The number of amides is 1. The smallest absolute Gasteiger partial charge is 0.273 e. The zero-order valence-electron chi connectivity index (χ0n) is 18.9. The maximum Gasteiger partial charge on any atom is 0.273 e. The number of nitrogens with zero attached hydrogens (tertiary/aromatic N) is 6. The molecule has 5 heterocycles. The van der Waals surface area contributed by atoms with Crippen LogP contribution in [0.5, 0.6) is 0 Å². The van der Waals surface area contributed by atoms with Gasteiger partial charge in [-0.05, 0) is 55.5 Å². The van der Waals surface area contributed by atoms with E-state index in [9.17, 15) is 4.79 Å². The fourth-order valence-corrected chi connectivity index (χ4v) is 4.84. The van der Waals surface area contributed by atoms with Gasteiger partial charge >= 0.3 is 0 Å². The second-order valence-corrected chi connectivity index (χ2v) is 8.74. The quantitative estimate of drug-likeness (QED) is 0.400. The van der Waals surface area contributed by atoms with Crippen molar-refractivity contribution in [2.45, 2.75) is 25.7 Å². The summed E-state index contributed by atoms with van der Waals surface area (Å²) in [7, 11) is 0. The van der Waals surface area contributed by atoms with Crippen LogP contribution in [-0.2, 0) is 0 Å². The molecule has 0 N–H and O–H groups in total. The van der Waals surface area contributed by atoms with E-state index >= 15 is 0 Å². The summed E-state index contributed by atoms with van der Waals surface area (Å²) in [5, 5.41) is 7.64. The van der Waals surface area contributed by atoms with Crippen molar-refractivity contribution in [2.24, 2.45) is 0 Å². The first-order valence-electron chi connectivity index (χ1n) is 11.6. The molecular weight excluding hydrogens is 424 g/mol. The van der Waals surface area contributed by atoms with Crippen molar-refractivity contribution in [1.82, 2.24) is 29.6 Å². The zero-order chi connectivity index (χ0) is 23.1. The van der Waals surface area contributed by atoms with Crippen molar-refractivity contribution < 1.29 is 4.79 Å². The third kappa shape index (κ3) is 3.50. The predicted octanol–water partition coefficient (Wildman–Crippen LogP) is 4.69. The van der Waals surface area contributed by atoms with Crippen molar-refractivity contribution in [3.05, 3.63) is 90.1 Å². The summed E-state index contributed by atoms with van der Waals surface area (Å²) in [5.74, 6) is 1.05. The van der Waals surface area contributed by atoms with Gasteiger partial charge in [-0.2, -0.15) is 9.78 Å². The number of fused-ring (bicyclic) bond motifs is 2. The summed E-state index contributed by atoms with van der Waals surface area (Å²) in [4.78, 5) is 29.1. The van der Waals surface area contributed by atoms with E-state index in [0.717, 1.165) is 51.9 Å². The van der Waals surface area contributed by atoms with Crippen LogP contribution in [0.4, 0.5) is 0 Å². The fraction of sp³-hybridized carbons (Fsp3) is 0.222. The van der Waals surface area contributed by atoms with Gasteiger partial charge in [0.25, 0.3) is 5.91 Å². The number of pyridine rings is 3. The zero-order valence-corrected chi connectivity index (χ0v) is 18.9. The standard InChI is InChI=1S/C27H24N6O/c1-18-21-9-10-23(30-26(21)33(31-18)24-8-4-5-14-28-24)20-12-16-32(17-13-20)27(34)25-22-7-3-2-6-19(22)11-15-29-25/h2-11,14-15,20H,12-13,16-17H2,1H3. The van der Waals surface area contributed by atoms with Gasteiger partial charge in [0.05, 0.1) is 5.69 Å². The van der Waals surface area contributed by atoms with Gasteiger partial charge in [0.2, 0.25) is 0 Å². The first-order valence-corrected chi connectivity index (χ1v) is 11.6. The molecule has 0 spiro atoms. The summed E-state index contributed by atoms with van der Waals surface area (Å²) in [5.41, 5.74) is 3.33. The molecule has 0 atom stereocenters. The summed E-state index contributed by atoms with van der Waals surface area (Å²) in [6, 6.07) is 19.8. The molecule has 1 aromatic carbocycles. The lowest BCUT2D eigenvalue weighted by atomic mass is 9.92. The number of rotatable bonds is 3. The summed E-state index contributed by atoms with van der Waals surface area (Å²) < 4.78 is 1.82. The van der Waals surface area contributed by atoms with Crippen LogP contribution in [0.3, 0.4) is 0 Å². The molecule has 0 bridgehead atoms. The number of aryl methyl sites for hydroxylation is 1. The van der Waals surface area contributed by atoms with Crippen LogP contribution >= 0.6 is 0 Å². The summed E-state index contributed by atoms with van der Waals surface area (Å²) in [6.45, 7) is 3.37. The Morgan fingerprint density at radius 1 is 0.882 bits per heavy atom. The SMILES string of the molecule is Cc1nn(-c2ccccn2)c2nc(C3CCN(C(=O)c4nccc5ccccc45)CC3)ccc12. The van der Waals surface area contributed by atoms with Gasteiger partial charge in [-0.25, -0.2) is 9.97 Å². The summed E-state index contributed by atoms with van der Waals surface area (Å²) >= 11 is 0. The van der Waals surface area contributed by atoms with E-state index in [2.05, 4.69) is 27.2 Å². The lowest BCUT2D eigenvalue weighted by Gasteiger charge is -2.31. The monoisotopic (exact) mass is 448 g/mol. The van der Waals surface area contributed by atoms with Gasteiger partial charge in [0.15, 0.2) is 11.5 Å². The van der Waals surface area contributed by atoms with Gasteiger partial charge in [-0.15, -0.1) is 0 Å². The molecule has 5 aromatic rings. The first kappa shape index (κ1) is 20.5. The van der Waals surface area contributed by atoms with E-state index in [1.165, 1.54) is 0 Å². The Bertz CT molecular complexity index is 1500. The van der Waals surface area contributed by atoms with Crippen LogP contribution in [-0.4, -0.2) is 48.6 Å². The second-order valence-electron chi connectivity index (χ2n) is 8.74. The molecule has 4 aromatic heterocycles. The average Bonchev–Trinajstić information content (AvgIpc) is 3.24. The Hall–Kier alpha value is -4.13. The largest absolute Gasteiger partial charge is 0.337 e. The molecule has 1 saturated heterocycles. The van der Waals surface area contributed by atoms with Crippen molar-refractivity contribution >= 4 is 27.7 Å². The van der Waals surface area contributed by atoms with Crippen LogP contribution in [0, 0.1) is 6.92 Å². The minimum atomic E-state index is 0.00233. The Kier molecular flexibility index (Phi) is 5.02. The molecule has 34 heavy (non-hydrogen) atoms. The van der Waals surface area contributed by atoms with E-state index in [1.54, 1.807) is 12.4 Å². The van der Waals surface area contributed by atoms with E-state index in [0.29, 0.717) is 24.7 Å². The van der Waals surface area contributed by atoms with Crippen LogP contribution in [0.15, 0.2) is 73.1 Å². The molecule has 0 aliphatic carbocycles. The highest BCUT2D eigenvalue weighted by Gasteiger charge is 2.27.